The molecule has 8 nitrogen and oxygen atoms in total. The van der Waals surface area contributed by atoms with Crippen molar-refractivity contribution in [3.05, 3.63) is 94.0 Å². The maximum atomic E-state index is 12.6. The Hall–Kier alpha value is -3.76. The Morgan fingerprint density at radius 3 is 2.27 bits per heavy atom. The van der Waals surface area contributed by atoms with Gasteiger partial charge in [0.15, 0.2) is 5.11 Å². The van der Waals surface area contributed by atoms with E-state index in [1.54, 1.807) is 42.5 Å². The van der Waals surface area contributed by atoms with E-state index in [1.807, 2.05) is 37.3 Å². The van der Waals surface area contributed by atoms with Crippen LogP contribution in [0.3, 0.4) is 0 Å². The minimum Gasteiger partial charge on any atom is -0.492 e. The van der Waals surface area contributed by atoms with Crippen LogP contribution >= 0.6 is 28.1 Å². The molecule has 37 heavy (non-hydrogen) atoms. The number of carbonyl (C=O) groups excluding carboxylic acids is 3. The molecular formula is C27H27BrN4O4S. The van der Waals surface area contributed by atoms with Gasteiger partial charge in [0, 0.05) is 29.7 Å². The molecule has 0 spiro atoms. The van der Waals surface area contributed by atoms with Gasteiger partial charge in [0.2, 0.25) is 5.91 Å². The van der Waals surface area contributed by atoms with Crippen molar-refractivity contribution in [2.24, 2.45) is 0 Å². The molecule has 3 aromatic rings. The van der Waals surface area contributed by atoms with Crippen LogP contribution in [0.1, 0.15) is 46.0 Å². The fraction of sp³-hybridized carbons (Fsp3) is 0.185. The number of nitrogens with one attached hydrogen (secondary N) is 4. The lowest BCUT2D eigenvalue weighted by Gasteiger charge is -2.12. The summed E-state index contributed by atoms with van der Waals surface area (Å²) in [5.74, 6) is -0.366. The van der Waals surface area contributed by atoms with Gasteiger partial charge in [-0.2, -0.15) is 0 Å². The third-order valence-electron chi connectivity index (χ3n) is 5.11. The molecule has 3 rings (SSSR count). The summed E-state index contributed by atoms with van der Waals surface area (Å²) in [5, 5.41) is 5.20. The summed E-state index contributed by atoms with van der Waals surface area (Å²) in [4.78, 5) is 36.6. The molecular weight excluding hydrogens is 556 g/mol. The number of hydrogen-bond acceptors (Lipinski definition) is 5. The van der Waals surface area contributed by atoms with Crippen LogP contribution in [0.4, 0.5) is 5.69 Å². The highest BCUT2D eigenvalue weighted by molar-refractivity contribution is 9.10. The summed E-state index contributed by atoms with van der Waals surface area (Å²) in [6, 6.07) is 21.4. The fourth-order valence-corrected chi connectivity index (χ4v) is 3.87. The molecule has 3 aromatic carbocycles. The van der Waals surface area contributed by atoms with Gasteiger partial charge in [0.05, 0.1) is 11.1 Å². The number of hydrazine groups is 1. The third kappa shape index (κ3) is 9.00. The molecule has 0 saturated heterocycles. The number of amides is 3. The second-order valence-electron chi connectivity index (χ2n) is 7.97. The van der Waals surface area contributed by atoms with Gasteiger partial charge in [-0.05, 0) is 82.6 Å². The number of thiocarbonyl (C=S) groups is 1. The molecule has 192 valence electrons. The Morgan fingerprint density at radius 1 is 0.892 bits per heavy atom. The summed E-state index contributed by atoms with van der Waals surface area (Å²) in [7, 11) is 0. The van der Waals surface area contributed by atoms with Crippen LogP contribution in [-0.2, 0) is 11.2 Å². The quantitative estimate of drug-likeness (QED) is 0.214. The van der Waals surface area contributed by atoms with Gasteiger partial charge in [0.25, 0.3) is 11.8 Å². The second kappa shape index (κ2) is 14.1. The Balaban J connectivity index is 1.44. The highest BCUT2D eigenvalue weighted by atomic mass is 79.9. The molecule has 0 heterocycles. The molecule has 0 fully saturated rings. The smallest absolute Gasteiger partial charge is 0.269 e. The van der Waals surface area contributed by atoms with E-state index >= 15 is 0 Å². The van der Waals surface area contributed by atoms with Gasteiger partial charge in [-0.25, -0.2) is 0 Å². The van der Waals surface area contributed by atoms with Crippen LogP contribution in [0.2, 0.25) is 0 Å². The van der Waals surface area contributed by atoms with Crippen molar-refractivity contribution < 1.29 is 19.1 Å². The van der Waals surface area contributed by atoms with Crippen LogP contribution in [0.25, 0.3) is 0 Å². The molecule has 0 aromatic heterocycles. The van der Waals surface area contributed by atoms with Crippen molar-refractivity contribution in [2.75, 3.05) is 11.9 Å². The Labute approximate surface area is 229 Å². The van der Waals surface area contributed by atoms with Crippen molar-refractivity contribution >= 4 is 56.7 Å². The van der Waals surface area contributed by atoms with Gasteiger partial charge in [0.1, 0.15) is 5.75 Å². The number of carbonyl (C=O) groups is 3. The maximum absolute atomic E-state index is 12.6. The van der Waals surface area contributed by atoms with E-state index in [1.165, 1.54) is 5.56 Å². The Bertz CT molecular complexity index is 1250. The number of hydrogen-bond donors (Lipinski definition) is 4. The number of ether oxygens (including phenoxy) is 1. The molecule has 0 atom stereocenters. The van der Waals surface area contributed by atoms with Crippen molar-refractivity contribution in [3.63, 3.8) is 0 Å². The molecule has 4 N–H and O–H groups in total. The molecule has 0 radical (unpaired) electrons. The molecule has 0 aliphatic heterocycles. The molecule has 0 saturated carbocycles. The van der Waals surface area contributed by atoms with E-state index in [2.05, 4.69) is 37.4 Å². The monoisotopic (exact) mass is 582 g/mol. The minimum atomic E-state index is -0.456. The van der Waals surface area contributed by atoms with Crippen molar-refractivity contribution in [3.8, 4) is 5.75 Å². The minimum absolute atomic E-state index is 0.0684. The normalized spacial score (nSPS) is 10.2. The Morgan fingerprint density at radius 2 is 1.59 bits per heavy atom. The summed E-state index contributed by atoms with van der Waals surface area (Å²) in [6.07, 6.45) is 1.94. The van der Waals surface area contributed by atoms with E-state index in [0.29, 0.717) is 40.1 Å². The predicted octanol–water partition coefficient (Wildman–Crippen LogP) is 4.76. The third-order valence-corrected chi connectivity index (χ3v) is 5.93. The van der Waals surface area contributed by atoms with Crippen LogP contribution in [0.15, 0.2) is 77.3 Å². The predicted molar refractivity (Wildman–Crippen MR) is 150 cm³/mol. The molecule has 0 aliphatic rings. The number of benzene rings is 3. The van der Waals surface area contributed by atoms with Crippen molar-refractivity contribution in [1.82, 2.24) is 16.2 Å². The zero-order valence-electron chi connectivity index (χ0n) is 20.2. The molecule has 0 unspecified atom stereocenters. The first-order valence-electron chi connectivity index (χ1n) is 11.6. The summed E-state index contributed by atoms with van der Waals surface area (Å²) >= 11 is 8.55. The van der Waals surface area contributed by atoms with Gasteiger partial charge in [-0.1, -0.05) is 37.3 Å². The highest BCUT2D eigenvalue weighted by Gasteiger charge is 2.12. The first-order valence-corrected chi connectivity index (χ1v) is 12.8. The molecule has 10 heteroatoms. The Kier molecular flexibility index (Phi) is 10.6. The second-order valence-corrected chi connectivity index (χ2v) is 9.23. The van der Waals surface area contributed by atoms with E-state index in [9.17, 15) is 14.4 Å². The van der Waals surface area contributed by atoms with Crippen LogP contribution in [0, 0.1) is 0 Å². The van der Waals surface area contributed by atoms with E-state index in [4.69, 9.17) is 17.0 Å². The number of anilines is 1. The summed E-state index contributed by atoms with van der Waals surface area (Å²) in [6.45, 7) is 2.42. The SMILES string of the molecule is CCCC(=O)Nc1ccc(C(=O)NNC(=S)NC(=O)c2ccc(OCCc3ccccc3)c(Br)c2)cc1. The maximum Gasteiger partial charge on any atom is 0.269 e. The lowest BCUT2D eigenvalue weighted by atomic mass is 10.2. The molecule has 3 amide bonds. The lowest BCUT2D eigenvalue weighted by Crippen LogP contribution is -2.48. The first kappa shape index (κ1) is 27.8. The molecule has 0 bridgehead atoms. The van der Waals surface area contributed by atoms with Crippen LogP contribution in [0.5, 0.6) is 5.75 Å². The van der Waals surface area contributed by atoms with E-state index < -0.39 is 11.8 Å². The van der Waals surface area contributed by atoms with Crippen molar-refractivity contribution in [1.29, 1.82) is 0 Å². The van der Waals surface area contributed by atoms with Gasteiger partial charge >= 0.3 is 0 Å². The van der Waals surface area contributed by atoms with Crippen LogP contribution in [-0.4, -0.2) is 29.4 Å². The zero-order chi connectivity index (χ0) is 26.6. The van der Waals surface area contributed by atoms with Gasteiger partial charge in [-0.15, -0.1) is 0 Å². The summed E-state index contributed by atoms with van der Waals surface area (Å²) < 4.78 is 6.45. The summed E-state index contributed by atoms with van der Waals surface area (Å²) in [5.41, 5.74) is 7.43. The van der Waals surface area contributed by atoms with E-state index in [-0.39, 0.29) is 11.0 Å². The average molecular weight is 584 g/mol. The zero-order valence-corrected chi connectivity index (χ0v) is 22.6. The largest absolute Gasteiger partial charge is 0.492 e. The highest BCUT2D eigenvalue weighted by Crippen LogP contribution is 2.26. The first-order chi connectivity index (χ1) is 17.9. The van der Waals surface area contributed by atoms with Gasteiger partial charge < -0.3 is 10.1 Å². The number of rotatable bonds is 9. The molecule has 0 aliphatic carbocycles. The fourth-order valence-electron chi connectivity index (χ4n) is 3.23. The average Bonchev–Trinajstić information content (AvgIpc) is 2.89. The lowest BCUT2D eigenvalue weighted by molar-refractivity contribution is -0.116. The van der Waals surface area contributed by atoms with E-state index in [0.717, 1.165) is 12.8 Å². The number of halogens is 1. The van der Waals surface area contributed by atoms with Crippen LogP contribution < -0.4 is 26.2 Å². The van der Waals surface area contributed by atoms with Gasteiger partial charge in [-0.3, -0.25) is 30.6 Å². The topological polar surface area (TPSA) is 109 Å². The van der Waals surface area contributed by atoms with Crippen molar-refractivity contribution in [2.45, 2.75) is 26.2 Å². The standard InChI is InChI=1S/C27H27BrN4O4S/c1-2-6-24(33)29-21-12-9-19(10-13-21)26(35)31-32-27(37)30-25(34)20-11-14-23(22(28)17-20)36-16-15-18-7-4-3-5-8-18/h3-5,7-14,17H,2,6,15-16H2,1H3,(H,29,33)(H,31,35)(H2,30,32,34,37).